The Morgan fingerprint density at radius 3 is 2.53 bits per heavy atom. The molecule has 1 aromatic carbocycles. The number of anilines is 2. The smallest absolute Gasteiger partial charge is 0.123 e. The first-order valence-electron chi connectivity index (χ1n) is 5.69. The second-order valence-corrected chi connectivity index (χ2v) is 4.41. The second-order valence-electron chi connectivity index (χ2n) is 4.41. The molecule has 17 heavy (non-hydrogen) atoms. The van der Waals surface area contributed by atoms with Crippen molar-refractivity contribution in [2.75, 3.05) is 17.7 Å². The maximum absolute atomic E-state index is 5.81. The number of hydrogen-bond donors (Lipinski definition) is 1. The van der Waals surface area contributed by atoms with Gasteiger partial charge in [-0.25, -0.2) is 0 Å². The highest BCUT2D eigenvalue weighted by Crippen LogP contribution is 2.21. The molecule has 2 rings (SSSR count). The van der Waals surface area contributed by atoms with E-state index >= 15 is 0 Å². The van der Waals surface area contributed by atoms with Gasteiger partial charge in [0.05, 0.1) is 6.54 Å². The average Bonchev–Trinajstić information content (AvgIpc) is 2.68. The first-order valence-corrected chi connectivity index (χ1v) is 5.69. The number of nitrogens with two attached hydrogens (primary N) is 1. The van der Waals surface area contributed by atoms with E-state index in [1.807, 2.05) is 45.2 Å². The molecule has 0 saturated heterocycles. The molecular weight excluding hydrogens is 212 g/mol. The van der Waals surface area contributed by atoms with Crippen LogP contribution in [0.25, 0.3) is 0 Å². The third kappa shape index (κ3) is 2.61. The van der Waals surface area contributed by atoms with E-state index in [-0.39, 0.29) is 0 Å². The maximum Gasteiger partial charge on any atom is 0.123 e. The Bertz CT molecular complexity index is 517. The van der Waals surface area contributed by atoms with Crippen molar-refractivity contribution in [1.82, 2.24) is 0 Å². The average molecular weight is 230 g/mol. The van der Waals surface area contributed by atoms with Gasteiger partial charge in [-0.15, -0.1) is 0 Å². The Hall–Kier alpha value is -1.90. The van der Waals surface area contributed by atoms with Crippen LogP contribution >= 0.6 is 0 Å². The molecule has 3 nitrogen and oxygen atoms in total. The number of benzene rings is 1. The minimum absolute atomic E-state index is 0.761. The lowest BCUT2D eigenvalue weighted by atomic mass is 10.1. The molecule has 0 radical (unpaired) electrons. The summed E-state index contributed by atoms with van der Waals surface area (Å²) < 4.78 is 5.56. The summed E-state index contributed by atoms with van der Waals surface area (Å²) in [6, 6.07) is 10.0. The van der Waals surface area contributed by atoms with Crippen molar-refractivity contribution in [3.63, 3.8) is 0 Å². The topological polar surface area (TPSA) is 42.4 Å². The fraction of sp³-hybridized carbons (Fsp3) is 0.286. The van der Waals surface area contributed by atoms with Crippen molar-refractivity contribution in [2.45, 2.75) is 20.4 Å². The van der Waals surface area contributed by atoms with E-state index in [1.54, 1.807) is 0 Å². The van der Waals surface area contributed by atoms with Gasteiger partial charge >= 0.3 is 0 Å². The first kappa shape index (κ1) is 11.6. The lowest BCUT2D eigenvalue weighted by Crippen LogP contribution is -2.16. The van der Waals surface area contributed by atoms with Gasteiger partial charge in [0.1, 0.15) is 11.5 Å². The van der Waals surface area contributed by atoms with E-state index in [4.69, 9.17) is 10.2 Å². The van der Waals surface area contributed by atoms with Gasteiger partial charge in [-0.2, -0.15) is 0 Å². The summed E-state index contributed by atoms with van der Waals surface area (Å²) in [5.41, 5.74) is 8.88. The fourth-order valence-corrected chi connectivity index (χ4v) is 1.79. The highest BCUT2D eigenvalue weighted by atomic mass is 16.3. The van der Waals surface area contributed by atoms with Gasteiger partial charge in [0.15, 0.2) is 0 Å². The summed E-state index contributed by atoms with van der Waals surface area (Å²) in [6.07, 6.45) is 0. The van der Waals surface area contributed by atoms with E-state index in [2.05, 4.69) is 11.0 Å². The molecule has 0 aliphatic heterocycles. The van der Waals surface area contributed by atoms with E-state index in [0.717, 1.165) is 35.0 Å². The van der Waals surface area contributed by atoms with E-state index in [9.17, 15) is 0 Å². The van der Waals surface area contributed by atoms with Crippen molar-refractivity contribution in [3.05, 3.63) is 47.4 Å². The number of nitrogens with zero attached hydrogens (tertiary/aromatic N) is 1. The molecule has 0 aliphatic carbocycles. The minimum atomic E-state index is 0.761. The third-order valence-corrected chi connectivity index (χ3v) is 2.88. The van der Waals surface area contributed by atoms with Crippen LogP contribution in [0.1, 0.15) is 17.1 Å². The Morgan fingerprint density at radius 1 is 1.18 bits per heavy atom. The standard InChI is InChI=1S/C14H18N2O/c1-10-8-12(5-7-14(10)15)16(3)9-13-6-4-11(2)17-13/h4-8H,9,15H2,1-3H3. The normalized spacial score (nSPS) is 10.5. The van der Waals surface area contributed by atoms with Crippen LogP contribution < -0.4 is 10.6 Å². The number of hydrogen-bond acceptors (Lipinski definition) is 3. The molecule has 0 amide bonds. The van der Waals surface area contributed by atoms with Crippen LogP contribution in [0.5, 0.6) is 0 Å². The fourth-order valence-electron chi connectivity index (χ4n) is 1.79. The second kappa shape index (κ2) is 4.53. The number of rotatable bonds is 3. The van der Waals surface area contributed by atoms with Crippen LogP contribution in [0.15, 0.2) is 34.7 Å². The molecule has 2 aromatic rings. The summed E-state index contributed by atoms with van der Waals surface area (Å²) >= 11 is 0. The van der Waals surface area contributed by atoms with Gasteiger partial charge in [-0.3, -0.25) is 0 Å². The van der Waals surface area contributed by atoms with Crippen molar-refractivity contribution >= 4 is 11.4 Å². The number of furan rings is 1. The zero-order chi connectivity index (χ0) is 12.4. The highest BCUT2D eigenvalue weighted by Gasteiger charge is 2.06. The quantitative estimate of drug-likeness (QED) is 0.824. The molecule has 0 saturated carbocycles. The summed E-state index contributed by atoms with van der Waals surface area (Å²) in [5.74, 6) is 1.92. The summed E-state index contributed by atoms with van der Waals surface area (Å²) in [6.45, 7) is 4.73. The molecule has 0 atom stereocenters. The first-order chi connectivity index (χ1) is 8.06. The molecule has 0 spiro atoms. The molecule has 0 fully saturated rings. The third-order valence-electron chi connectivity index (χ3n) is 2.88. The number of nitrogen functional groups attached to an aromatic ring is 1. The predicted molar refractivity (Wildman–Crippen MR) is 71.1 cm³/mol. The van der Waals surface area contributed by atoms with Crippen molar-refractivity contribution in [2.24, 2.45) is 0 Å². The maximum atomic E-state index is 5.81. The van der Waals surface area contributed by atoms with E-state index in [0.29, 0.717) is 0 Å². The lowest BCUT2D eigenvalue weighted by molar-refractivity contribution is 0.482. The van der Waals surface area contributed by atoms with Crippen molar-refractivity contribution in [3.8, 4) is 0 Å². The van der Waals surface area contributed by atoms with Gasteiger partial charge < -0.3 is 15.1 Å². The summed E-state index contributed by atoms with van der Waals surface area (Å²) in [7, 11) is 2.04. The zero-order valence-corrected chi connectivity index (χ0v) is 10.5. The van der Waals surface area contributed by atoms with Gasteiger partial charge in [0.25, 0.3) is 0 Å². The Morgan fingerprint density at radius 2 is 1.94 bits per heavy atom. The SMILES string of the molecule is Cc1ccc(CN(C)c2ccc(N)c(C)c2)o1. The molecular formula is C14H18N2O. The van der Waals surface area contributed by atoms with E-state index < -0.39 is 0 Å². The van der Waals surface area contributed by atoms with Crippen molar-refractivity contribution in [1.29, 1.82) is 0 Å². The molecule has 0 unspecified atom stereocenters. The van der Waals surface area contributed by atoms with Crippen LogP contribution in [-0.4, -0.2) is 7.05 Å². The van der Waals surface area contributed by atoms with Gasteiger partial charge in [-0.05, 0) is 49.7 Å². The molecule has 0 aliphatic rings. The van der Waals surface area contributed by atoms with Crippen molar-refractivity contribution < 1.29 is 4.42 Å². The lowest BCUT2D eigenvalue weighted by Gasteiger charge is -2.19. The molecule has 1 aromatic heterocycles. The molecule has 1 heterocycles. The summed E-state index contributed by atoms with van der Waals surface area (Å²) in [5, 5.41) is 0. The highest BCUT2D eigenvalue weighted by molar-refractivity contribution is 5.57. The van der Waals surface area contributed by atoms with Crippen LogP contribution in [0.4, 0.5) is 11.4 Å². The monoisotopic (exact) mass is 230 g/mol. The summed E-state index contributed by atoms with van der Waals surface area (Å²) in [4.78, 5) is 2.14. The molecule has 90 valence electrons. The minimum Gasteiger partial charge on any atom is -0.464 e. The van der Waals surface area contributed by atoms with Gasteiger partial charge in [0, 0.05) is 18.4 Å². The van der Waals surface area contributed by atoms with E-state index in [1.165, 1.54) is 0 Å². The Labute approximate surface area is 102 Å². The predicted octanol–water partition coefficient (Wildman–Crippen LogP) is 3.12. The molecule has 0 bridgehead atoms. The van der Waals surface area contributed by atoms with Crippen LogP contribution in [0.3, 0.4) is 0 Å². The van der Waals surface area contributed by atoms with Gasteiger partial charge in [0.2, 0.25) is 0 Å². The molecule has 3 heteroatoms. The number of aryl methyl sites for hydroxylation is 2. The van der Waals surface area contributed by atoms with Crippen LogP contribution in [0.2, 0.25) is 0 Å². The van der Waals surface area contributed by atoms with Crippen LogP contribution in [-0.2, 0) is 6.54 Å². The van der Waals surface area contributed by atoms with Gasteiger partial charge in [-0.1, -0.05) is 0 Å². The largest absolute Gasteiger partial charge is 0.464 e. The Kier molecular flexibility index (Phi) is 3.09. The zero-order valence-electron chi connectivity index (χ0n) is 10.5. The van der Waals surface area contributed by atoms with Crippen LogP contribution in [0, 0.1) is 13.8 Å². The Balaban J connectivity index is 2.14. The molecule has 2 N–H and O–H groups in total.